The molecular weight excluding hydrogens is 284 g/mol. The predicted octanol–water partition coefficient (Wildman–Crippen LogP) is 2.45. The molecule has 1 rings (SSSR count). The van der Waals surface area contributed by atoms with Gasteiger partial charge in [-0.2, -0.15) is 0 Å². The Balaban J connectivity index is 3.17. The summed E-state index contributed by atoms with van der Waals surface area (Å²) >= 11 is 6.02. The van der Waals surface area contributed by atoms with Crippen molar-refractivity contribution < 1.29 is 8.42 Å². The summed E-state index contributed by atoms with van der Waals surface area (Å²) in [7, 11) is -3.49. The van der Waals surface area contributed by atoms with Gasteiger partial charge in [0.15, 0.2) is 0 Å². The summed E-state index contributed by atoms with van der Waals surface area (Å²) in [6.45, 7) is 7.59. The Hall–Kier alpha value is -0.620. The minimum absolute atomic E-state index is 0.265. The van der Waals surface area contributed by atoms with Gasteiger partial charge < -0.3 is 5.32 Å². The highest BCUT2D eigenvalue weighted by molar-refractivity contribution is 7.89. The molecule has 6 heteroatoms. The molecule has 0 bridgehead atoms. The smallest absolute Gasteiger partial charge is 0.240 e. The normalized spacial score (nSPS) is 11.8. The van der Waals surface area contributed by atoms with Gasteiger partial charge in [-0.1, -0.05) is 25.4 Å². The van der Waals surface area contributed by atoms with E-state index in [1.165, 1.54) is 6.07 Å². The van der Waals surface area contributed by atoms with Crippen LogP contribution in [0.3, 0.4) is 0 Å². The second kappa shape index (κ2) is 7.24. The molecule has 2 N–H and O–H groups in total. The molecule has 0 amide bonds. The Kier molecular flexibility index (Phi) is 6.26. The number of benzene rings is 1. The Morgan fingerprint density at radius 3 is 2.53 bits per heavy atom. The molecule has 0 saturated heterocycles. The summed E-state index contributed by atoms with van der Waals surface area (Å²) in [5.74, 6) is 0. The van der Waals surface area contributed by atoms with E-state index in [0.29, 0.717) is 18.1 Å². The predicted molar refractivity (Wildman–Crippen MR) is 79.0 cm³/mol. The van der Waals surface area contributed by atoms with E-state index in [2.05, 4.69) is 10.0 Å². The molecule has 0 radical (unpaired) electrons. The molecule has 0 aromatic heterocycles. The van der Waals surface area contributed by atoms with Crippen LogP contribution in [0.15, 0.2) is 17.0 Å². The van der Waals surface area contributed by atoms with Crippen LogP contribution in [-0.2, 0) is 16.6 Å². The first kappa shape index (κ1) is 16.4. The number of hydrogen-bond acceptors (Lipinski definition) is 3. The number of hydrogen-bond donors (Lipinski definition) is 2. The summed E-state index contributed by atoms with van der Waals surface area (Å²) in [6.07, 6.45) is 0.753. The lowest BCUT2D eigenvalue weighted by atomic mass is 10.1. The molecule has 0 spiro atoms. The third-order valence-electron chi connectivity index (χ3n) is 2.83. The average molecular weight is 305 g/mol. The molecule has 108 valence electrons. The van der Waals surface area contributed by atoms with Gasteiger partial charge in [0.1, 0.15) is 0 Å². The van der Waals surface area contributed by atoms with Crippen molar-refractivity contribution in [2.24, 2.45) is 0 Å². The summed E-state index contributed by atoms with van der Waals surface area (Å²) in [5.41, 5.74) is 1.65. The highest BCUT2D eigenvalue weighted by Gasteiger charge is 2.18. The number of nitrogens with one attached hydrogen (secondary N) is 2. The van der Waals surface area contributed by atoms with Gasteiger partial charge in [-0.15, -0.1) is 0 Å². The zero-order valence-electron chi connectivity index (χ0n) is 11.6. The maximum atomic E-state index is 12.2. The van der Waals surface area contributed by atoms with Crippen molar-refractivity contribution in [2.45, 2.75) is 38.6 Å². The second-order valence-corrected chi connectivity index (χ2v) is 6.54. The first-order chi connectivity index (χ1) is 8.92. The first-order valence-electron chi connectivity index (χ1n) is 6.41. The molecule has 0 heterocycles. The van der Waals surface area contributed by atoms with E-state index in [4.69, 9.17) is 11.6 Å². The molecule has 1 aromatic rings. The lowest BCUT2D eigenvalue weighted by Crippen LogP contribution is -2.25. The van der Waals surface area contributed by atoms with Crippen LogP contribution in [0.4, 0.5) is 0 Å². The Labute approximate surface area is 120 Å². The Morgan fingerprint density at radius 1 is 1.26 bits per heavy atom. The van der Waals surface area contributed by atoms with E-state index >= 15 is 0 Å². The fourth-order valence-corrected chi connectivity index (χ4v) is 3.49. The minimum Gasteiger partial charge on any atom is -0.313 e. The standard InChI is InChI=1S/C13H21ClN2O2S/c1-4-6-16-19(17,18)13-8-12(14)7-11(10(13)3)9-15-5-2/h7-8,15-16H,4-6,9H2,1-3H3. The van der Waals surface area contributed by atoms with Gasteiger partial charge >= 0.3 is 0 Å². The van der Waals surface area contributed by atoms with Crippen molar-refractivity contribution in [1.82, 2.24) is 10.0 Å². The zero-order chi connectivity index (χ0) is 14.5. The first-order valence-corrected chi connectivity index (χ1v) is 8.27. The van der Waals surface area contributed by atoms with Crippen molar-refractivity contribution >= 4 is 21.6 Å². The van der Waals surface area contributed by atoms with E-state index in [0.717, 1.165) is 24.1 Å². The SMILES string of the molecule is CCCNS(=O)(=O)c1cc(Cl)cc(CNCC)c1C. The molecule has 0 unspecified atom stereocenters. The van der Waals surface area contributed by atoms with Gasteiger partial charge in [0, 0.05) is 18.1 Å². The molecule has 1 aromatic carbocycles. The molecule has 0 aliphatic heterocycles. The second-order valence-electron chi connectivity index (χ2n) is 4.37. The maximum absolute atomic E-state index is 12.2. The van der Waals surface area contributed by atoms with Crippen LogP contribution in [0, 0.1) is 6.92 Å². The van der Waals surface area contributed by atoms with Gasteiger partial charge in [-0.05, 0) is 43.1 Å². The molecule has 0 aliphatic rings. The third kappa shape index (κ3) is 4.45. The highest BCUT2D eigenvalue weighted by atomic mass is 35.5. The lowest BCUT2D eigenvalue weighted by Gasteiger charge is -2.13. The van der Waals surface area contributed by atoms with E-state index < -0.39 is 10.0 Å². The van der Waals surface area contributed by atoms with E-state index in [-0.39, 0.29) is 4.90 Å². The van der Waals surface area contributed by atoms with Crippen LogP contribution in [0.2, 0.25) is 5.02 Å². The van der Waals surface area contributed by atoms with E-state index in [9.17, 15) is 8.42 Å². The largest absolute Gasteiger partial charge is 0.313 e. The van der Waals surface area contributed by atoms with Gasteiger partial charge in [0.25, 0.3) is 0 Å². The topological polar surface area (TPSA) is 58.2 Å². The van der Waals surface area contributed by atoms with Gasteiger partial charge in [-0.3, -0.25) is 0 Å². The summed E-state index contributed by atoms with van der Waals surface area (Å²) in [6, 6.07) is 3.31. The summed E-state index contributed by atoms with van der Waals surface area (Å²) in [4.78, 5) is 0.265. The van der Waals surface area contributed by atoms with Crippen LogP contribution < -0.4 is 10.0 Å². The fraction of sp³-hybridized carbons (Fsp3) is 0.538. The van der Waals surface area contributed by atoms with Crippen LogP contribution in [0.25, 0.3) is 0 Å². The Morgan fingerprint density at radius 2 is 1.95 bits per heavy atom. The molecule has 4 nitrogen and oxygen atoms in total. The van der Waals surface area contributed by atoms with E-state index in [1.54, 1.807) is 6.07 Å². The molecule has 0 aliphatic carbocycles. The van der Waals surface area contributed by atoms with Crippen LogP contribution in [-0.4, -0.2) is 21.5 Å². The summed E-state index contributed by atoms with van der Waals surface area (Å²) in [5, 5.41) is 3.62. The average Bonchev–Trinajstić information content (AvgIpc) is 2.36. The number of halogens is 1. The number of rotatable bonds is 7. The quantitative estimate of drug-likeness (QED) is 0.813. The van der Waals surface area contributed by atoms with E-state index in [1.807, 2.05) is 20.8 Å². The molecule has 0 atom stereocenters. The molecular formula is C13H21ClN2O2S. The summed E-state index contributed by atoms with van der Waals surface area (Å²) < 4.78 is 27.0. The maximum Gasteiger partial charge on any atom is 0.240 e. The minimum atomic E-state index is -3.49. The van der Waals surface area contributed by atoms with Crippen LogP contribution in [0.1, 0.15) is 31.4 Å². The number of sulfonamides is 1. The van der Waals surface area contributed by atoms with Crippen molar-refractivity contribution in [3.8, 4) is 0 Å². The fourth-order valence-electron chi connectivity index (χ4n) is 1.74. The van der Waals surface area contributed by atoms with Crippen molar-refractivity contribution in [2.75, 3.05) is 13.1 Å². The van der Waals surface area contributed by atoms with Crippen LogP contribution in [0.5, 0.6) is 0 Å². The van der Waals surface area contributed by atoms with Gasteiger partial charge in [-0.25, -0.2) is 13.1 Å². The van der Waals surface area contributed by atoms with Gasteiger partial charge in [0.2, 0.25) is 10.0 Å². The monoisotopic (exact) mass is 304 g/mol. The lowest BCUT2D eigenvalue weighted by molar-refractivity contribution is 0.579. The van der Waals surface area contributed by atoms with Crippen molar-refractivity contribution in [3.05, 3.63) is 28.3 Å². The molecule has 0 saturated carbocycles. The zero-order valence-corrected chi connectivity index (χ0v) is 13.2. The van der Waals surface area contributed by atoms with Gasteiger partial charge in [0.05, 0.1) is 4.90 Å². The molecule has 0 fully saturated rings. The Bertz CT molecular complexity index is 530. The third-order valence-corrected chi connectivity index (χ3v) is 4.63. The molecule has 19 heavy (non-hydrogen) atoms. The van der Waals surface area contributed by atoms with Crippen LogP contribution >= 0.6 is 11.6 Å². The highest BCUT2D eigenvalue weighted by Crippen LogP contribution is 2.24. The van der Waals surface area contributed by atoms with Crippen molar-refractivity contribution in [1.29, 1.82) is 0 Å². The van der Waals surface area contributed by atoms with Crippen molar-refractivity contribution in [3.63, 3.8) is 0 Å².